The number of hydrogen-bond acceptors (Lipinski definition) is 3. The van der Waals surface area contributed by atoms with Crippen LogP contribution in [0.25, 0.3) is 11.3 Å². The Morgan fingerprint density at radius 3 is 2.74 bits per heavy atom. The molecule has 5 heteroatoms. The standard InChI is InChI=1S/C18H21N3OS/c1-4-19-18(22)15-16(13-8-6-5-7-9-13)21-10-11-23-12-14(21)17(15)20(2)3/h4-9H,1,10-12H2,2-3H3,(H,19,22). The van der Waals surface area contributed by atoms with Gasteiger partial charge in [0.05, 0.1) is 22.6 Å². The minimum absolute atomic E-state index is 0.102. The third kappa shape index (κ3) is 2.77. The Morgan fingerprint density at radius 2 is 2.09 bits per heavy atom. The number of fused-ring (bicyclic) bond motifs is 1. The van der Waals surface area contributed by atoms with Gasteiger partial charge in [0.1, 0.15) is 0 Å². The lowest BCUT2D eigenvalue weighted by atomic mass is 10.1. The van der Waals surface area contributed by atoms with Crippen molar-refractivity contribution in [3.63, 3.8) is 0 Å². The lowest BCUT2D eigenvalue weighted by Gasteiger charge is -2.20. The van der Waals surface area contributed by atoms with Crippen LogP contribution in [0.2, 0.25) is 0 Å². The number of carbonyl (C=O) groups excluding carboxylic acids is 1. The number of carbonyl (C=O) groups is 1. The summed E-state index contributed by atoms with van der Waals surface area (Å²) in [4.78, 5) is 14.8. The Balaban J connectivity index is 2.31. The van der Waals surface area contributed by atoms with Crippen LogP contribution in [0.1, 0.15) is 16.1 Å². The summed E-state index contributed by atoms with van der Waals surface area (Å²) in [6, 6.07) is 10.1. The van der Waals surface area contributed by atoms with Crippen LogP contribution < -0.4 is 10.2 Å². The highest BCUT2D eigenvalue weighted by molar-refractivity contribution is 7.98. The molecule has 2 heterocycles. The van der Waals surface area contributed by atoms with Gasteiger partial charge in [-0.05, 0) is 11.8 Å². The van der Waals surface area contributed by atoms with Crippen molar-refractivity contribution in [3.8, 4) is 11.3 Å². The number of hydrogen-bond donors (Lipinski definition) is 1. The second kappa shape index (κ2) is 6.54. The average Bonchev–Trinajstić information content (AvgIpc) is 2.91. The maximum Gasteiger partial charge on any atom is 0.259 e. The molecule has 0 spiro atoms. The van der Waals surface area contributed by atoms with Gasteiger partial charge in [0.15, 0.2) is 0 Å². The number of anilines is 1. The summed E-state index contributed by atoms with van der Waals surface area (Å²) in [7, 11) is 3.99. The van der Waals surface area contributed by atoms with Crippen molar-refractivity contribution in [2.24, 2.45) is 0 Å². The van der Waals surface area contributed by atoms with E-state index in [0.29, 0.717) is 0 Å². The highest BCUT2D eigenvalue weighted by Gasteiger charge is 2.30. The molecule has 23 heavy (non-hydrogen) atoms. The van der Waals surface area contributed by atoms with E-state index in [2.05, 4.69) is 28.6 Å². The van der Waals surface area contributed by atoms with Crippen molar-refractivity contribution in [1.82, 2.24) is 9.88 Å². The zero-order valence-electron chi connectivity index (χ0n) is 13.5. The molecule has 3 rings (SSSR count). The molecule has 120 valence electrons. The third-order valence-corrected chi connectivity index (χ3v) is 4.94. The number of rotatable bonds is 4. The molecule has 0 fully saturated rings. The molecule has 0 bridgehead atoms. The van der Waals surface area contributed by atoms with Crippen molar-refractivity contribution in [2.75, 3.05) is 24.7 Å². The summed E-state index contributed by atoms with van der Waals surface area (Å²) in [6.45, 7) is 4.55. The van der Waals surface area contributed by atoms with Crippen LogP contribution >= 0.6 is 11.8 Å². The molecular formula is C18H21N3OS. The third-order valence-electron chi connectivity index (χ3n) is 4.00. The number of nitrogens with zero attached hydrogens (tertiary/aromatic N) is 2. The van der Waals surface area contributed by atoms with Crippen LogP contribution in [-0.2, 0) is 12.3 Å². The summed E-state index contributed by atoms with van der Waals surface area (Å²) in [5, 5.41) is 2.75. The maximum absolute atomic E-state index is 12.8. The molecule has 1 amide bonds. The predicted octanol–water partition coefficient (Wildman–Crippen LogP) is 3.34. The minimum Gasteiger partial charge on any atom is -0.376 e. The van der Waals surface area contributed by atoms with Crippen molar-refractivity contribution in [3.05, 3.63) is 54.4 Å². The van der Waals surface area contributed by atoms with Gasteiger partial charge in [0.2, 0.25) is 0 Å². The first-order valence-electron chi connectivity index (χ1n) is 7.62. The fraction of sp³-hybridized carbons (Fsp3) is 0.278. The van der Waals surface area contributed by atoms with Gasteiger partial charge in [0.25, 0.3) is 5.91 Å². The van der Waals surface area contributed by atoms with E-state index in [0.717, 1.165) is 40.6 Å². The zero-order valence-corrected chi connectivity index (χ0v) is 14.3. The lowest BCUT2D eigenvalue weighted by Crippen LogP contribution is -2.21. The van der Waals surface area contributed by atoms with E-state index >= 15 is 0 Å². The Labute approximate surface area is 141 Å². The van der Waals surface area contributed by atoms with Crippen molar-refractivity contribution < 1.29 is 4.79 Å². The predicted molar refractivity (Wildman–Crippen MR) is 98.0 cm³/mol. The van der Waals surface area contributed by atoms with E-state index in [1.807, 2.05) is 49.0 Å². The van der Waals surface area contributed by atoms with Crippen LogP contribution in [0.15, 0.2) is 43.1 Å². The van der Waals surface area contributed by atoms with Crippen molar-refractivity contribution >= 4 is 23.4 Å². The Hall–Kier alpha value is -2.14. The number of aromatic nitrogens is 1. The molecule has 1 aliphatic rings. The molecule has 4 nitrogen and oxygen atoms in total. The van der Waals surface area contributed by atoms with Crippen LogP contribution in [0.5, 0.6) is 0 Å². The van der Waals surface area contributed by atoms with Crippen molar-refractivity contribution in [2.45, 2.75) is 12.3 Å². The highest BCUT2D eigenvalue weighted by atomic mass is 32.2. The molecule has 1 N–H and O–H groups in total. The van der Waals surface area contributed by atoms with E-state index in [-0.39, 0.29) is 5.91 Å². The molecule has 0 saturated carbocycles. The molecule has 2 aromatic rings. The molecule has 0 unspecified atom stereocenters. The van der Waals surface area contributed by atoms with Gasteiger partial charge in [-0.25, -0.2) is 0 Å². The first-order valence-corrected chi connectivity index (χ1v) is 8.78. The van der Waals surface area contributed by atoms with E-state index in [1.54, 1.807) is 0 Å². The maximum atomic E-state index is 12.8. The summed E-state index contributed by atoms with van der Waals surface area (Å²) < 4.78 is 2.30. The monoisotopic (exact) mass is 327 g/mol. The Kier molecular flexibility index (Phi) is 4.48. The molecule has 1 aliphatic heterocycles. The number of nitrogens with one attached hydrogen (secondary N) is 1. The van der Waals surface area contributed by atoms with Crippen LogP contribution in [0, 0.1) is 0 Å². The smallest absolute Gasteiger partial charge is 0.259 e. The van der Waals surface area contributed by atoms with E-state index in [4.69, 9.17) is 0 Å². The van der Waals surface area contributed by atoms with Gasteiger partial charge in [0, 0.05) is 32.1 Å². The largest absolute Gasteiger partial charge is 0.376 e. The van der Waals surface area contributed by atoms with Crippen molar-refractivity contribution in [1.29, 1.82) is 0 Å². The highest BCUT2D eigenvalue weighted by Crippen LogP contribution is 2.40. The second-order valence-electron chi connectivity index (χ2n) is 5.66. The lowest BCUT2D eigenvalue weighted by molar-refractivity contribution is 0.0971. The molecule has 1 aromatic heterocycles. The molecule has 0 atom stereocenters. The topological polar surface area (TPSA) is 37.3 Å². The first kappa shape index (κ1) is 15.7. The van der Waals surface area contributed by atoms with Gasteiger partial charge >= 0.3 is 0 Å². The van der Waals surface area contributed by atoms with E-state index < -0.39 is 0 Å². The normalized spacial score (nSPS) is 13.3. The van der Waals surface area contributed by atoms with E-state index in [1.165, 1.54) is 11.9 Å². The zero-order chi connectivity index (χ0) is 16.4. The molecule has 0 saturated heterocycles. The fourth-order valence-electron chi connectivity index (χ4n) is 3.13. The second-order valence-corrected chi connectivity index (χ2v) is 6.77. The summed E-state index contributed by atoms with van der Waals surface area (Å²) >= 11 is 1.91. The van der Waals surface area contributed by atoms with Gasteiger partial charge in [-0.1, -0.05) is 36.9 Å². The summed E-state index contributed by atoms with van der Waals surface area (Å²) in [5.74, 6) is 1.89. The fourth-order valence-corrected chi connectivity index (χ4v) is 4.07. The summed E-state index contributed by atoms with van der Waals surface area (Å²) in [5.41, 5.74) is 5.04. The Bertz CT molecular complexity index is 734. The van der Waals surface area contributed by atoms with Gasteiger partial charge in [-0.3, -0.25) is 4.79 Å². The van der Waals surface area contributed by atoms with Crippen LogP contribution in [-0.4, -0.2) is 30.3 Å². The van der Waals surface area contributed by atoms with Crippen LogP contribution in [0.3, 0.4) is 0 Å². The number of thioether (sulfide) groups is 1. The molecular weight excluding hydrogens is 306 g/mol. The Morgan fingerprint density at radius 1 is 1.35 bits per heavy atom. The number of benzene rings is 1. The quantitative estimate of drug-likeness (QED) is 0.936. The van der Waals surface area contributed by atoms with Gasteiger partial charge in [-0.15, -0.1) is 0 Å². The molecule has 0 radical (unpaired) electrons. The first-order chi connectivity index (χ1) is 11.1. The minimum atomic E-state index is -0.102. The summed E-state index contributed by atoms with van der Waals surface area (Å²) in [6.07, 6.45) is 1.45. The molecule has 0 aliphatic carbocycles. The van der Waals surface area contributed by atoms with Crippen LogP contribution in [0.4, 0.5) is 5.69 Å². The molecule has 1 aromatic carbocycles. The van der Waals surface area contributed by atoms with Gasteiger partial charge < -0.3 is 14.8 Å². The van der Waals surface area contributed by atoms with E-state index in [9.17, 15) is 4.79 Å². The SMILES string of the molecule is C=CNC(=O)c1c(N(C)C)c2n(c1-c1ccccc1)CCSC2. The average molecular weight is 327 g/mol. The van der Waals surface area contributed by atoms with Gasteiger partial charge in [-0.2, -0.15) is 11.8 Å². The number of amides is 1.